The summed E-state index contributed by atoms with van der Waals surface area (Å²) < 4.78 is 1.53. The van der Waals surface area contributed by atoms with E-state index in [-0.39, 0.29) is 23.0 Å². The third-order valence-electron chi connectivity index (χ3n) is 4.09. The Morgan fingerprint density at radius 1 is 1.43 bits per heavy atom. The first kappa shape index (κ1) is 20.2. The Bertz CT molecular complexity index is 1100. The Balaban J connectivity index is 1.83. The van der Waals surface area contributed by atoms with E-state index in [0.717, 1.165) is 16.9 Å². The zero-order valence-electron chi connectivity index (χ0n) is 15.7. The minimum absolute atomic E-state index is 0.0118. The summed E-state index contributed by atoms with van der Waals surface area (Å²) in [5.41, 5.74) is 1.17. The van der Waals surface area contributed by atoms with E-state index in [0.29, 0.717) is 27.6 Å². The molecule has 0 fully saturated rings. The molecule has 8 heteroatoms. The van der Waals surface area contributed by atoms with E-state index < -0.39 is 0 Å². The molecule has 0 aliphatic rings. The molecule has 0 saturated carbocycles. The molecule has 0 spiro atoms. The van der Waals surface area contributed by atoms with Crippen molar-refractivity contribution in [2.45, 2.75) is 32.0 Å². The fourth-order valence-electron chi connectivity index (χ4n) is 2.69. The molecular weight excluding hydrogens is 394 g/mol. The van der Waals surface area contributed by atoms with Crippen molar-refractivity contribution in [2.24, 2.45) is 0 Å². The summed E-state index contributed by atoms with van der Waals surface area (Å²) in [6, 6.07) is 6.89. The van der Waals surface area contributed by atoms with E-state index in [1.807, 2.05) is 19.9 Å². The SMILES string of the molecule is C=CCn1c(SCC(=O)Nc2cc(C)ccc2O)nc2sc(CC)cc2c1=O. The summed E-state index contributed by atoms with van der Waals surface area (Å²) in [5.74, 6) is -0.211. The third kappa shape index (κ3) is 4.28. The fraction of sp³-hybridized carbons (Fsp3) is 0.250. The number of nitrogens with one attached hydrogen (secondary N) is 1. The van der Waals surface area contributed by atoms with Crippen molar-refractivity contribution in [3.8, 4) is 5.75 Å². The summed E-state index contributed by atoms with van der Waals surface area (Å²) in [6.45, 7) is 7.94. The van der Waals surface area contributed by atoms with Crippen LogP contribution in [-0.4, -0.2) is 26.3 Å². The van der Waals surface area contributed by atoms with Crippen molar-refractivity contribution >= 4 is 44.9 Å². The quantitative estimate of drug-likeness (QED) is 0.264. The summed E-state index contributed by atoms with van der Waals surface area (Å²) in [5, 5.41) is 13.6. The predicted molar refractivity (Wildman–Crippen MR) is 116 cm³/mol. The number of aromatic hydroxyl groups is 1. The van der Waals surface area contributed by atoms with Crippen LogP contribution in [0.3, 0.4) is 0 Å². The number of anilines is 1. The molecule has 0 saturated heterocycles. The van der Waals surface area contributed by atoms with E-state index in [1.54, 1.807) is 18.2 Å². The number of carbonyl (C=O) groups excluding carboxylic acids is 1. The highest BCUT2D eigenvalue weighted by molar-refractivity contribution is 7.99. The number of benzene rings is 1. The number of aryl methyl sites for hydroxylation is 2. The van der Waals surface area contributed by atoms with Crippen molar-refractivity contribution in [1.82, 2.24) is 9.55 Å². The molecule has 6 nitrogen and oxygen atoms in total. The van der Waals surface area contributed by atoms with Crippen LogP contribution in [0.4, 0.5) is 5.69 Å². The number of hydrogen-bond donors (Lipinski definition) is 2. The van der Waals surface area contributed by atoms with Crippen molar-refractivity contribution in [3.63, 3.8) is 0 Å². The number of thioether (sulfide) groups is 1. The number of amides is 1. The van der Waals surface area contributed by atoms with Gasteiger partial charge in [-0.1, -0.05) is 30.8 Å². The number of phenolic OH excluding ortho intramolecular Hbond substituents is 1. The lowest BCUT2D eigenvalue weighted by molar-refractivity contribution is -0.113. The average molecular weight is 416 g/mol. The van der Waals surface area contributed by atoms with Gasteiger partial charge in [0.2, 0.25) is 5.91 Å². The van der Waals surface area contributed by atoms with Gasteiger partial charge in [-0.2, -0.15) is 0 Å². The number of aromatic nitrogens is 2. The van der Waals surface area contributed by atoms with Gasteiger partial charge in [-0.15, -0.1) is 17.9 Å². The molecule has 1 amide bonds. The largest absolute Gasteiger partial charge is 0.506 e. The maximum absolute atomic E-state index is 12.8. The van der Waals surface area contributed by atoms with Crippen LogP contribution in [0.2, 0.25) is 0 Å². The summed E-state index contributed by atoms with van der Waals surface area (Å²) in [7, 11) is 0. The lowest BCUT2D eigenvalue weighted by Crippen LogP contribution is -2.23. The Labute approximate surface area is 170 Å². The molecule has 2 N–H and O–H groups in total. The number of hydrogen-bond acceptors (Lipinski definition) is 6. The van der Waals surface area contributed by atoms with Crippen LogP contribution in [0, 0.1) is 6.92 Å². The number of nitrogens with zero attached hydrogens (tertiary/aromatic N) is 2. The molecule has 0 aliphatic carbocycles. The topological polar surface area (TPSA) is 84.2 Å². The molecule has 0 bridgehead atoms. The number of thiophene rings is 1. The molecule has 0 unspecified atom stereocenters. The zero-order valence-corrected chi connectivity index (χ0v) is 17.3. The Hall–Kier alpha value is -2.58. The van der Waals surface area contributed by atoms with Gasteiger partial charge in [0.05, 0.1) is 16.8 Å². The third-order valence-corrected chi connectivity index (χ3v) is 6.24. The van der Waals surface area contributed by atoms with Gasteiger partial charge in [0.1, 0.15) is 10.6 Å². The van der Waals surface area contributed by atoms with Gasteiger partial charge in [0.25, 0.3) is 5.56 Å². The molecular formula is C20H21N3O3S2. The maximum atomic E-state index is 12.8. The van der Waals surface area contributed by atoms with E-state index >= 15 is 0 Å². The first-order chi connectivity index (χ1) is 13.4. The predicted octanol–water partition coefficient (Wildman–Crippen LogP) is 3.95. The highest BCUT2D eigenvalue weighted by Crippen LogP contribution is 2.26. The molecule has 0 atom stereocenters. The second-order valence-corrected chi connectivity index (χ2v) is 8.30. The first-order valence-electron chi connectivity index (χ1n) is 8.79. The number of carbonyl (C=O) groups is 1. The molecule has 3 rings (SSSR count). The van der Waals surface area contributed by atoms with Crippen molar-refractivity contribution in [2.75, 3.05) is 11.1 Å². The van der Waals surface area contributed by atoms with Gasteiger partial charge in [0.15, 0.2) is 5.16 Å². The number of allylic oxidation sites excluding steroid dienone is 1. The molecule has 3 aromatic rings. The monoisotopic (exact) mass is 415 g/mol. The van der Waals surface area contributed by atoms with Crippen LogP contribution in [-0.2, 0) is 17.8 Å². The standard InChI is InChI=1S/C20H21N3O3S2/c1-4-8-23-19(26)14-10-13(5-2)28-18(14)22-20(23)27-11-17(25)21-15-9-12(3)6-7-16(15)24/h4,6-7,9-10,24H,1,5,8,11H2,2-3H3,(H,21,25). The van der Waals surface area contributed by atoms with Crippen LogP contribution in [0.15, 0.2) is 46.9 Å². The normalized spacial score (nSPS) is 10.9. The lowest BCUT2D eigenvalue weighted by atomic mass is 10.2. The zero-order chi connectivity index (χ0) is 20.3. The summed E-state index contributed by atoms with van der Waals surface area (Å²) >= 11 is 2.68. The molecule has 2 heterocycles. The van der Waals surface area contributed by atoms with Gasteiger partial charge < -0.3 is 10.4 Å². The first-order valence-corrected chi connectivity index (χ1v) is 10.6. The average Bonchev–Trinajstić information content (AvgIpc) is 3.09. The fourth-order valence-corrected chi connectivity index (χ4v) is 4.51. The molecule has 0 radical (unpaired) electrons. The molecule has 1 aromatic carbocycles. The van der Waals surface area contributed by atoms with Gasteiger partial charge in [-0.25, -0.2) is 4.98 Å². The van der Waals surface area contributed by atoms with Gasteiger partial charge in [0, 0.05) is 11.4 Å². The second kappa shape index (κ2) is 8.62. The Morgan fingerprint density at radius 3 is 2.93 bits per heavy atom. The van der Waals surface area contributed by atoms with Crippen LogP contribution in [0.5, 0.6) is 5.75 Å². The minimum atomic E-state index is -0.286. The molecule has 146 valence electrons. The van der Waals surface area contributed by atoms with Crippen LogP contribution in [0.25, 0.3) is 10.2 Å². The highest BCUT2D eigenvalue weighted by atomic mass is 32.2. The van der Waals surface area contributed by atoms with E-state index in [4.69, 9.17) is 0 Å². The van der Waals surface area contributed by atoms with Gasteiger partial charge >= 0.3 is 0 Å². The van der Waals surface area contributed by atoms with E-state index in [1.165, 1.54) is 33.7 Å². The number of rotatable bonds is 7. The summed E-state index contributed by atoms with van der Waals surface area (Å²) in [6.07, 6.45) is 2.48. The van der Waals surface area contributed by atoms with Crippen molar-refractivity contribution in [1.29, 1.82) is 0 Å². The van der Waals surface area contributed by atoms with Crippen molar-refractivity contribution < 1.29 is 9.90 Å². The highest BCUT2D eigenvalue weighted by Gasteiger charge is 2.15. The van der Waals surface area contributed by atoms with E-state index in [9.17, 15) is 14.7 Å². The van der Waals surface area contributed by atoms with Crippen LogP contribution >= 0.6 is 23.1 Å². The number of fused-ring (bicyclic) bond motifs is 1. The molecule has 0 aliphatic heterocycles. The number of phenols is 1. The smallest absolute Gasteiger partial charge is 0.263 e. The van der Waals surface area contributed by atoms with E-state index in [2.05, 4.69) is 16.9 Å². The summed E-state index contributed by atoms with van der Waals surface area (Å²) in [4.78, 5) is 31.5. The minimum Gasteiger partial charge on any atom is -0.506 e. The van der Waals surface area contributed by atoms with Crippen molar-refractivity contribution in [3.05, 3.63) is 57.7 Å². The Kier molecular flexibility index (Phi) is 6.21. The second-order valence-electron chi connectivity index (χ2n) is 6.24. The lowest BCUT2D eigenvalue weighted by Gasteiger charge is -2.11. The molecule has 28 heavy (non-hydrogen) atoms. The Morgan fingerprint density at radius 2 is 2.21 bits per heavy atom. The van der Waals surface area contributed by atoms with Gasteiger partial charge in [-0.05, 0) is 37.1 Å². The van der Waals surface area contributed by atoms with Crippen LogP contribution in [0.1, 0.15) is 17.4 Å². The van der Waals surface area contributed by atoms with Gasteiger partial charge in [-0.3, -0.25) is 14.2 Å². The maximum Gasteiger partial charge on any atom is 0.263 e. The van der Waals surface area contributed by atoms with Crippen LogP contribution < -0.4 is 10.9 Å². The molecule has 2 aromatic heterocycles.